The Balaban J connectivity index is 1.60. The molecule has 0 saturated heterocycles. The van der Waals surface area contributed by atoms with Gasteiger partial charge in [0.1, 0.15) is 10.7 Å². The summed E-state index contributed by atoms with van der Waals surface area (Å²) in [6.07, 6.45) is 9.29. The second-order valence-corrected chi connectivity index (χ2v) is 8.29. The first kappa shape index (κ1) is 18.1. The number of rotatable bonds is 4. The number of hydrogen-bond acceptors (Lipinski definition) is 4. The summed E-state index contributed by atoms with van der Waals surface area (Å²) in [5, 5.41) is 3.85. The van der Waals surface area contributed by atoms with Crippen LogP contribution in [0.1, 0.15) is 67.6 Å². The number of carbonyl (C=O) groups is 1. The molecular formula is C19H27N3O2S. The number of carbonyl (C=O) groups excluding carboxylic acids is 1. The molecule has 1 fully saturated rings. The van der Waals surface area contributed by atoms with Crippen LogP contribution in [0, 0.1) is 13.8 Å². The van der Waals surface area contributed by atoms with E-state index in [4.69, 9.17) is 0 Å². The number of nitrogens with one attached hydrogen (secondary N) is 2. The van der Waals surface area contributed by atoms with Crippen molar-refractivity contribution in [3.05, 3.63) is 26.6 Å². The molecule has 2 N–H and O–H groups in total. The van der Waals surface area contributed by atoms with Gasteiger partial charge in [-0.15, -0.1) is 11.3 Å². The highest BCUT2D eigenvalue weighted by Gasteiger charge is 2.15. The van der Waals surface area contributed by atoms with Gasteiger partial charge in [0.05, 0.1) is 5.39 Å². The van der Waals surface area contributed by atoms with Gasteiger partial charge in [-0.05, 0) is 32.3 Å². The zero-order valence-corrected chi connectivity index (χ0v) is 15.9. The van der Waals surface area contributed by atoms with E-state index in [2.05, 4.69) is 15.3 Å². The number of amides is 1. The molecule has 0 aliphatic heterocycles. The molecule has 0 radical (unpaired) electrons. The third kappa shape index (κ3) is 4.48. The quantitative estimate of drug-likeness (QED) is 0.870. The van der Waals surface area contributed by atoms with E-state index in [1.165, 1.54) is 32.1 Å². The maximum Gasteiger partial charge on any atom is 0.259 e. The molecule has 0 aromatic carbocycles. The minimum absolute atomic E-state index is 0.0619. The van der Waals surface area contributed by atoms with Crippen LogP contribution in [0.3, 0.4) is 0 Å². The van der Waals surface area contributed by atoms with Crippen LogP contribution in [0.4, 0.5) is 0 Å². The van der Waals surface area contributed by atoms with Crippen molar-refractivity contribution in [1.29, 1.82) is 0 Å². The summed E-state index contributed by atoms with van der Waals surface area (Å²) >= 11 is 1.54. The molecule has 0 atom stereocenters. The third-order valence-electron chi connectivity index (χ3n) is 5.15. The highest BCUT2D eigenvalue weighted by atomic mass is 32.1. The average Bonchev–Trinajstić information content (AvgIpc) is 2.83. The Kier molecular flexibility index (Phi) is 5.89. The molecule has 2 aromatic heterocycles. The SMILES string of the molecule is Cc1sc2nc(CCC(=O)NC3CCCCCCC3)[nH]c(=O)c2c1C. The lowest BCUT2D eigenvalue weighted by Gasteiger charge is -2.21. The van der Waals surface area contributed by atoms with Crippen LogP contribution in [0.2, 0.25) is 0 Å². The number of aromatic nitrogens is 2. The molecule has 3 rings (SSSR count). The second kappa shape index (κ2) is 8.13. The predicted molar refractivity (Wildman–Crippen MR) is 102 cm³/mol. The Morgan fingerprint density at radius 3 is 2.60 bits per heavy atom. The van der Waals surface area contributed by atoms with Gasteiger partial charge in [-0.3, -0.25) is 9.59 Å². The summed E-state index contributed by atoms with van der Waals surface area (Å²) in [6, 6.07) is 0.310. The molecule has 136 valence electrons. The van der Waals surface area contributed by atoms with Crippen molar-refractivity contribution >= 4 is 27.5 Å². The summed E-state index contributed by atoms with van der Waals surface area (Å²) in [7, 11) is 0. The van der Waals surface area contributed by atoms with Crippen molar-refractivity contribution in [2.24, 2.45) is 0 Å². The first-order chi connectivity index (χ1) is 12.0. The predicted octanol–water partition coefficient (Wildman–Crippen LogP) is 3.76. The number of hydrogen-bond donors (Lipinski definition) is 2. The molecule has 0 spiro atoms. The van der Waals surface area contributed by atoms with Crippen LogP contribution >= 0.6 is 11.3 Å². The molecule has 1 saturated carbocycles. The fraction of sp³-hybridized carbons (Fsp3) is 0.632. The maximum atomic E-state index is 12.3. The zero-order chi connectivity index (χ0) is 17.8. The molecule has 6 heteroatoms. The third-order valence-corrected chi connectivity index (χ3v) is 6.25. The molecule has 1 aliphatic carbocycles. The number of aryl methyl sites for hydroxylation is 3. The van der Waals surface area contributed by atoms with Crippen molar-refractivity contribution in [2.45, 2.75) is 77.7 Å². The van der Waals surface area contributed by atoms with Crippen molar-refractivity contribution in [2.75, 3.05) is 0 Å². The van der Waals surface area contributed by atoms with Crippen LogP contribution in [0.25, 0.3) is 10.2 Å². The molecule has 0 unspecified atom stereocenters. The first-order valence-electron chi connectivity index (χ1n) is 9.33. The number of nitrogens with zero attached hydrogens (tertiary/aromatic N) is 1. The van der Waals surface area contributed by atoms with E-state index in [9.17, 15) is 9.59 Å². The highest BCUT2D eigenvalue weighted by Crippen LogP contribution is 2.25. The van der Waals surface area contributed by atoms with Gasteiger partial charge in [0.25, 0.3) is 5.56 Å². The molecule has 2 heterocycles. The van der Waals surface area contributed by atoms with E-state index < -0.39 is 0 Å². The van der Waals surface area contributed by atoms with Gasteiger partial charge in [-0.25, -0.2) is 4.98 Å². The topological polar surface area (TPSA) is 74.8 Å². The second-order valence-electron chi connectivity index (χ2n) is 7.09. The Labute approximate surface area is 152 Å². The molecule has 1 amide bonds. The number of fused-ring (bicyclic) bond motifs is 1. The van der Waals surface area contributed by atoms with E-state index in [-0.39, 0.29) is 11.5 Å². The lowest BCUT2D eigenvalue weighted by Crippen LogP contribution is -2.35. The Morgan fingerprint density at radius 1 is 1.20 bits per heavy atom. The molecule has 5 nitrogen and oxygen atoms in total. The van der Waals surface area contributed by atoms with Gasteiger partial charge >= 0.3 is 0 Å². The minimum atomic E-state index is -0.0951. The van der Waals surface area contributed by atoms with Gasteiger partial charge in [0, 0.05) is 23.8 Å². The largest absolute Gasteiger partial charge is 0.353 e. The van der Waals surface area contributed by atoms with Gasteiger partial charge in [0.15, 0.2) is 0 Å². The van der Waals surface area contributed by atoms with Crippen LogP contribution in [0.5, 0.6) is 0 Å². The van der Waals surface area contributed by atoms with E-state index in [1.807, 2.05) is 13.8 Å². The fourth-order valence-electron chi connectivity index (χ4n) is 3.55. The zero-order valence-electron chi connectivity index (χ0n) is 15.1. The Morgan fingerprint density at radius 2 is 1.88 bits per heavy atom. The van der Waals surface area contributed by atoms with Crippen LogP contribution in [-0.2, 0) is 11.2 Å². The van der Waals surface area contributed by atoms with Gasteiger partial charge in [-0.2, -0.15) is 0 Å². The van der Waals surface area contributed by atoms with Crippen molar-refractivity contribution < 1.29 is 4.79 Å². The average molecular weight is 362 g/mol. The highest BCUT2D eigenvalue weighted by molar-refractivity contribution is 7.18. The smallest absolute Gasteiger partial charge is 0.259 e. The van der Waals surface area contributed by atoms with E-state index in [0.717, 1.165) is 28.1 Å². The van der Waals surface area contributed by atoms with Crippen molar-refractivity contribution in [3.8, 4) is 0 Å². The van der Waals surface area contributed by atoms with E-state index in [1.54, 1.807) is 11.3 Å². The molecule has 0 bridgehead atoms. The summed E-state index contributed by atoms with van der Waals surface area (Å²) in [5.74, 6) is 0.665. The van der Waals surface area contributed by atoms with Gasteiger partial charge < -0.3 is 10.3 Å². The summed E-state index contributed by atoms with van der Waals surface area (Å²) in [5.41, 5.74) is 0.907. The number of H-pyrrole nitrogens is 1. The molecule has 25 heavy (non-hydrogen) atoms. The Hall–Kier alpha value is -1.69. The molecular weight excluding hydrogens is 334 g/mol. The standard InChI is InChI=1S/C19H27N3O2S/c1-12-13(2)25-19-17(12)18(24)21-15(22-19)10-11-16(23)20-14-8-6-4-3-5-7-9-14/h14H,3-11H2,1-2H3,(H,20,23)(H,21,22,24). The maximum absolute atomic E-state index is 12.3. The van der Waals surface area contributed by atoms with Crippen LogP contribution < -0.4 is 10.9 Å². The normalized spacial score (nSPS) is 16.6. The van der Waals surface area contributed by atoms with Crippen molar-refractivity contribution in [3.63, 3.8) is 0 Å². The number of thiophene rings is 1. The monoisotopic (exact) mass is 361 g/mol. The Bertz CT molecular complexity index is 801. The van der Waals surface area contributed by atoms with Gasteiger partial charge in [-0.1, -0.05) is 32.1 Å². The summed E-state index contributed by atoms with van der Waals surface area (Å²) < 4.78 is 0. The lowest BCUT2D eigenvalue weighted by atomic mass is 9.96. The summed E-state index contributed by atoms with van der Waals surface area (Å²) in [6.45, 7) is 3.95. The minimum Gasteiger partial charge on any atom is -0.353 e. The molecule has 2 aromatic rings. The van der Waals surface area contributed by atoms with Crippen molar-refractivity contribution in [1.82, 2.24) is 15.3 Å². The first-order valence-corrected chi connectivity index (χ1v) is 10.1. The summed E-state index contributed by atoms with van der Waals surface area (Å²) in [4.78, 5) is 33.8. The fourth-order valence-corrected chi connectivity index (χ4v) is 4.60. The van der Waals surface area contributed by atoms with E-state index >= 15 is 0 Å². The van der Waals surface area contributed by atoms with Crippen LogP contribution in [0.15, 0.2) is 4.79 Å². The lowest BCUT2D eigenvalue weighted by molar-refractivity contribution is -0.121. The number of aromatic amines is 1. The van der Waals surface area contributed by atoms with E-state index in [0.29, 0.717) is 30.1 Å². The van der Waals surface area contributed by atoms with Crippen LogP contribution in [-0.4, -0.2) is 21.9 Å². The molecule has 1 aliphatic rings. The van der Waals surface area contributed by atoms with Gasteiger partial charge in [0.2, 0.25) is 5.91 Å².